The first-order chi connectivity index (χ1) is 29.3. The summed E-state index contributed by atoms with van der Waals surface area (Å²) >= 11 is 14.1. The Kier molecular flexibility index (Phi) is 11.1. The number of amides is 3. The summed E-state index contributed by atoms with van der Waals surface area (Å²) in [5.41, 5.74) is 4.49. The number of hydrogen-bond acceptors (Lipinski definition) is 15. The molecule has 3 aromatic carbocycles. The highest BCUT2D eigenvalue weighted by Crippen LogP contribution is 2.73. The van der Waals surface area contributed by atoms with Crippen LogP contribution < -0.4 is 18.9 Å². The van der Waals surface area contributed by atoms with Gasteiger partial charge in [-0.2, -0.15) is 0 Å². The molecule has 0 atom stereocenters. The van der Waals surface area contributed by atoms with Crippen molar-refractivity contribution in [1.29, 1.82) is 0 Å². The van der Waals surface area contributed by atoms with Gasteiger partial charge in [0.2, 0.25) is 11.6 Å². The highest BCUT2D eigenvalue weighted by Gasteiger charge is 2.55. The van der Waals surface area contributed by atoms with Crippen molar-refractivity contribution in [3.05, 3.63) is 33.4 Å². The summed E-state index contributed by atoms with van der Waals surface area (Å²) in [6.07, 6.45) is 0. The predicted molar refractivity (Wildman–Crippen MR) is 268 cm³/mol. The van der Waals surface area contributed by atoms with Crippen LogP contribution in [0.5, 0.6) is 23.0 Å². The van der Waals surface area contributed by atoms with E-state index < -0.39 is 17.5 Å². The lowest BCUT2D eigenvalue weighted by atomic mass is 9.81. The van der Waals surface area contributed by atoms with Crippen molar-refractivity contribution in [3.63, 3.8) is 0 Å². The number of hydrogen-bond donors (Lipinski definition) is 0. The van der Waals surface area contributed by atoms with E-state index in [1.165, 1.54) is 4.90 Å². The number of nitrogens with zero attached hydrogens (tertiary/aromatic N) is 3. The second-order valence-corrected chi connectivity index (χ2v) is 34.1. The molecule has 0 saturated heterocycles. The molecule has 10 nitrogen and oxygen atoms in total. The maximum atomic E-state index is 14.6. The third kappa shape index (κ3) is 7.60. The van der Waals surface area contributed by atoms with E-state index in [-0.39, 0.29) is 39.6 Å². The zero-order valence-corrected chi connectivity index (χ0v) is 46.1. The molecule has 344 valence electrons. The summed E-state index contributed by atoms with van der Waals surface area (Å²) in [5, 5.41) is 0. The molecule has 64 heavy (non-hydrogen) atoms. The molecule has 6 aliphatic heterocycles. The molecule has 3 amide bonds. The second-order valence-electron chi connectivity index (χ2n) is 20.0. The Morgan fingerprint density at radius 1 is 0.359 bits per heavy atom. The minimum atomic E-state index is -1.16. The number of carbonyl (C=O) groups excluding carboxylic acids is 3. The van der Waals surface area contributed by atoms with E-state index in [0.29, 0.717) is 28.6 Å². The van der Waals surface area contributed by atoms with Crippen molar-refractivity contribution in [3.8, 4) is 23.0 Å². The SMILES string of the molecule is CN(C)C(=O)c1c2c(c(C(c3c4c(c(C(=O)N(C)C)c5c3SC(C)(C)S5)SC(C)(C)S4)c3c4c(c(C(=O)N(C)C)c5c3SC(C)(C)S5)SC(C)(C)S4)c3c1OC(C)(C)O3)OC(C)(C)O2. The lowest BCUT2D eigenvalue weighted by Crippen LogP contribution is -2.32. The molecule has 0 saturated carbocycles. The van der Waals surface area contributed by atoms with E-state index in [0.717, 1.165) is 61.4 Å². The standard InChI is InChI=1S/C46H55N3O7S8/c1-41(2)53-26-20(27-29(56-42(3,4)54-27)23(28(26)55-41)38(50)47(13)14)19(21-30-34(61-43(5,6)57-30)24(39(51)48(15)16)35-31(21)58-44(7,8)62-35)22-32-36(63-45(9,10)59-32)25(40(52)49(17)18)37-33(22)60-46(11,12)64-37/h19H,1-18H3. The molecule has 0 radical (unpaired) electrons. The summed E-state index contributed by atoms with van der Waals surface area (Å²) in [4.78, 5) is 56.6. The monoisotopic (exact) mass is 1020 g/mol. The topological polar surface area (TPSA) is 97.9 Å². The molecule has 6 aliphatic rings. The van der Waals surface area contributed by atoms with E-state index in [1.54, 1.807) is 118 Å². The van der Waals surface area contributed by atoms with Gasteiger partial charge in [-0.3, -0.25) is 14.4 Å². The zero-order chi connectivity index (χ0) is 46.9. The molecular formula is C46H55N3O7S8. The van der Waals surface area contributed by atoms with E-state index >= 15 is 0 Å². The number of benzene rings is 3. The first-order valence-electron chi connectivity index (χ1n) is 21.0. The largest absolute Gasteiger partial charge is 0.449 e. The quantitative estimate of drug-likeness (QED) is 0.219. The normalized spacial score (nSPS) is 21.1. The van der Waals surface area contributed by atoms with Gasteiger partial charge in [-0.05, 0) is 66.5 Å². The van der Waals surface area contributed by atoms with Gasteiger partial charge in [0.15, 0.2) is 23.0 Å². The lowest BCUT2D eigenvalue weighted by molar-refractivity contribution is -0.0493. The number of fused-ring (bicyclic) bond motifs is 6. The molecule has 0 N–H and O–H groups in total. The van der Waals surface area contributed by atoms with E-state index in [2.05, 4.69) is 55.4 Å². The zero-order valence-electron chi connectivity index (χ0n) is 39.5. The average molecular weight is 1020 g/mol. The predicted octanol–water partition coefficient (Wildman–Crippen LogP) is 12.7. The molecule has 0 unspecified atom stereocenters. The average Bonchev–Trinajstić information content (AvgIpc) is 3.95. The van der Waals surface area contributed by atoms with Gasteiger partial charge in [-0.25, -0.2) is 0 Å². The van der Waals surface area contributed by atoms with Gasteiger partial charge in [0, 0.05) is 115 Å². The van der Waals surface area contributed by atoms with Crippen molar-refractivity contribution in [2.75, 3.05) is 42.3 Å². The minimum Gasteiger partial charge on any atom is -0.449 e. The van der Waals surface area contributed by atoms with Crippen molar-refractivity contribution < 1.29 is 33.3 Å². The lowest BCUT2D eigenvalue weighted by Gasteiger charge is -2.31. The Hall–Kier alpha value is -1.93. The van der Waals surface area contributed by atoms with Crippen LogP contribution in [0, 0.1) is 0 Å². The molecule has 18 heteroatoms. The maximum absolute atomic E-state index is 14.6. The van der Waals surface area contributed by atoms with Crippen LogP contribution in [-0.4, -0.2) is 103 Å². The molecule has 0 fully saturated rings. The van der Waals surface area contributed by atoms with Crippen LogP contribution in [0.1, 0.15) is 137 Å². The van der Waals surface area contributed by atoms with Gasteiger partial charge in [-0.1, -0.05) is 0 Å². The fourth-order valence-corrected chi connectivity index (χ4v) is 20.7. The molecule has 3 aromatic rings. The van der Waals surface area contributed by atoms with Gasteiger partial charge in [0.25, 0.3) is 17.7 Å². The van der Waals surface area contributed by atoms with E-state index in [1.807, 2.05) is 55.9 Å². The second kappa shape index (κ2) is 15.0. The van der Waals surface area contributed by atoms with Crippen molar-refractivity contribution in [1.82, 2.24) is 14.7 Å². The highest BCUT2D eigenvalue weighted by atomic mass is 32.2. The highest BCUT2D eigenvalue weighted by molar-refractivity contribution is 8.22. The summed E-state index contributed by atoms with van der Waals surface area (Å²) in [6.45, 7) is 25.2. The Morgan fingerprint density at radius 3 is 0.859 bits per heavy atom. The number of thioether (sulfide) groups is 8. The smallest absolute Gasteiger partial charge is 0.261 e. The first-order valence-corrected chi connectivity index (χ1v) is 27.5. The Morgan fingerprint density at radius 2 is 0.594 bits per heavy atom. The molecular weight excluding hydrogens is 963 g/mol. The van der Waals surface area contributed by atoms with Crippen molar-refractivity contribution in [2.45, 2.75) is 156 Å². The molecule has 9 rings (SSSR count). The maximum Gasteiger partial charge on any atom is 0.261 e. The minimum absolute atomic E-state index is 0.0340. The van der Waals surface area contributed by atoms with E-state index in [9.17, 15) is 14.4 Å². The summed E-state index contributed by atoms with van der Waals surface area (Å²) < 4.78 is 26.3. The Balaban J connectivity index is 1.54. The van der Waals surface area contributed by atoms with Crippen LogP contribution in [0.4, 0.5) is 0 Å². The van der Waals surface area contributed by atoms with Crippen LogP contribution >= 0.6 is 94.1 Å². The van der Waals surface area contributed by atoms with Crippen LogP contribution in [0.25, 0.3) is 0 Å². The number of ether oxygens (including phenoxy) is 4. The van der Waals surface area contributed by atoms with Crippen LogP contribution in [-0.2, 0) is 0 Å². The van der Waals surface area contributed by atoms with Crippen LogP contribution in [0.3, 0.4) is 0 Å². The van der Waals surface area contributed by atoms with E-state index in [4.69, 9.17) is 18.9 Å². The van der Waals surface area contributed by atoms with Crippen LogP contribution in [0.2, 0.25) is 0 Å². The third-order valence-corrected chi connectivity index (χ3v) is 22.4. The fraction of sp³-hybridized carbons (Fsp3) is 0.543. The molecule has 0 bridgehead atoms. The molecule has 0 spiro atoms. The van der Waals surface area contributed by atoms with Gasteiger partial charge in [0.1, 0.15) is 5.56 Å². The number of carbonyl (C=O) groups is 3. The van der Waals surface area contributed by atoms with Gasteiger partial charge >= 0.3 is 0 Å². The van der Waals surface area contributed by atoms with Crippen LogP contribution in [0.15, 0.2) is 39.2 Å². The fourth-order valence-electron chi connectivity index (χ4n) is 8.77. The van der Waals surface area contributed by atoms with Crippen molar-refractivity contribution in [2.24, 2.45) is 0 Å². The Bertz CT molecular complexity index is 2230. The Labute approximate surface area is 411 Å². The van der Waals surface area contributed by atoms with Gasteiger partial charge in [-0.15, -0.1) is 94.1 Å². The first kappa shape index (κ1) is 47.1. The molecule has 0 aromatic heterocycles. The van der Waals surface area contributed by atoms with Crippen molar-refractivity contribution >= 4 is 112 Å². The van der Waals surface area contributed by atoms with Gasteiger partial charge in [0.05, 0.1) is 33.0 Å². The summed E-state index contributed by atoms with van der Waals surface area (Å²) in [6, 6.07) is 0. The molecule has 0 aliphatic carbocycles. The summed E-state index contributed by atoms with van der Waals surface area (Å²) in [5.74, 6) is -1.88. The number of rotatable bonds is 6. The molecule has 6 heterocycles. The van der Waals surface area contributed by atoms with Gasteiger partial charge < -0.3 is 33.6 Å². The summed E-state index contributed by atoms with van der Waals surface area (Å²) in [7, 11) is 10.7. The third-order valence-electron chi connectivity index (χ3n) is 11.0.